The monoisotopic (exact) mass is 352 g/mol. The van der Waals surface area contributed by atoms with Crippen LogP contribution in [-0.2, 0) is 4.79 Å². The lowest BCUT2D eigenvalue weighted by Gasteiger charge is -2.35. The Kier molecular flexibility index (Phi) is 4.69. The van der Waals surface area contributed by atoms with Crippen LogP contribution < -0.4 is 10.2 Å². The van der Waals surface area contributed by atoms with Crippen LogP contribution in [0.1, 0.15) is 24.8 Å². The van der Waals surface area contributed by atoms with Crippen molar-refractivity contribution < 1.29 is 4.79 Å². The molecule has 0 unspecified atom stereocenters. The predicted molar refractivity (Wildman–Crippen MR) is 100 cm³/mol. The Morgan fingerprint density at radius 1 is 1.12 bits per heavy atom. The molecule has 2 aliphatic rings. The Hall–Kier alpha value is -2.70. The van der Waals surface area contributed by atoms with Crippen molar-refractivity contribution in [1.82, 2.24) is 20.1 Å². The first kappa shape index (κ1) is 16.8. The molecule has 1 saturated heterocycles. The van der Waals surface area contributed by atoms with Crippen LogP contribution in [0.3, 0.4) is 0 Å². The lowest BCUT2D eigenvalue weighted by molar-refractivity contribution is -0.131. The van der Waals surface area contributed by atoms with E-state index in [0.717, 1.165) is 49.8 Å². The van der Waals surface area contributed by atoms with Crippen molar-refractivity contribution in [3.63, 3.8) is 0 Å². The van der Waals surface area contributed by atoms with Crippen molar-refractivity contribution in [2.45, 2.75) is 26.2 Å². The second kappa shape index (κ2) is 7.27. The molecule has 1 aliphatic carbocycles. The number of amides is 1. The number of nitrogens with one attached hydrogen (secondary N) is 1. The highest BCUT2D eigenvalue weighted by atomic mass is 16.2. The van der Waals surface area contributed by atoms with Crippen LogP contribution in [0.2, 0.25) is 0 Å². The fourth-order valence-corrected chi connectivity index (χ4v) is 3.18. The Balaban J connectivity index is 1.32. The van der Waals surface area contributed by atoms with Gasteiger partial charge >= 0.3 is 0 Å². The predicted octanol–water partition coefficient (Wildman–Crippen LogP) is 2.37. The minimum atomic E-state index is 0.309. The third-order valence-electron chi connectivity index (χ3n) is 4.94. The third kappa shape index (κ3) is 4.09. The van der Waals surface area contributed by atoms with E-state index in [1.807, 2.05) is 36.1 Å². The molecule has 3 heterocycles. The number of aryl methyl sites for hydroxylation is 1. The molecule has 1 amide bonds. The summed E-state index contributed by atoms with van der Waals surface area (Å²) in [6, 6.07) is 7.80. The lowest BCUT2D eigenvalue weighted by Crippen LogP contribution is -2.49. The molecule has 26 heavy (non-hydrogen) atoms. The molecule has 0 aromatic carbocycles. The van der Waals surface area contributed by atoms with Gasteiger partial charge in [0.05, 0.1) is 0 Å². The van der Waals surface area contributed by atoms with Gasteiger partial charge in [0.25, 0.3) is 0 Å². The molecule has 7 heteroatoms. The molecule has 1 N–H and O–H groups in total. The normalized spacial score (nSPS) is 17.3. The Labute approximate surface area is 153 Å². The highest BCUT2D eigenvalue weighted by Gasteiger charge is 2.28. The molecule has 4 rings (SSSR count). The topological polar surface area (TPSA) is 74.2 Å². The van der Waals surface area contributed by atoms with E-state index in [2.05, 4.69) is 25.4 Å². The molecule has 0 bridgehead atoms. The number of hydrogen-bond acceptors (Lipinski definition) is 6. The Bertz CT molecular complexity index is 766. The highest BCUT2D eigenvalue weighted by Crippen LogP contribution is 2.33. The van der Waals surface area contributed by atoms with E-state index in [1.165, 1.54) is 12.8 Å². The number of anilines is 3. The standard InChI is InChI=1S/C19H24N6O/c1-14-6-7-20-17(12-14)21-16-4-5-18(23-22-16)24-8-10-25(11-9-24)19(26)13-15-2-3-15/h4-7,12,15H,2-3,8-11,13H2,1H3,(H,20,21,22). The first-order chi connectivity index (χ1) is 12.7. The molecule has 0 atom stereocenters. The molecule has 2 aromatic rings. The fourth-order valence-electron chi connectivity index (χ4n) is 3.18. The quantitative estimate of drug-likeness (QED) is 0.890. The summed E-state index contributed by atoms with van der Waals surface area (Å²) in [5, 5.41) is 11.8. The van der Waals surface area contributed by atoms with E-state index < -0.39 is 0 Å². The van der Waals surface area contributed by atoms with Gasteiger partial charge in [-0.25, -0.2) is 4.98 Å². The van der Waals surface area contributed by atoms with Gasteiger partial charge in [-0.15, -0.1) is 10.2 Å². The van der Waals surface area contributed by atoms with Crippen molar-refractivity contribution in [2.24, 2.45) is 5.92 Å². The molecule has 2 aromatic heterocycles. The molecule has 1 saturated carbocycles. The average molecular weight is 352 g/mol. The van der Waals surface area contributed by atoms with Crippen molar-refractivity contribution >= 4 is 23.4 Å². The summed E-state index contributed by atoms with van der Waals surface area (Å²) in [6.45, 7) is 5.16. The maximum absolute atomic E-state index is 12.2. The zero-order chi connectivity index (χ0) is 17.9. The van der Waals surface area contributed by atoms with Gasteiger partial charge in [0.1, 0.15) is 5.82 Å². The summed E-state index contributed by atoms with van der Waals surface area (Å²) in [5.74, 6) is 3.24. The van der Waals surface area contributed by atoms with Crippen LogP contribution in [0.4, 0.5) is 17.5 Å². The van der Waals surface area contributed by atoms with Crippen LogP contribution >= 0.6 is 0 Å². The maximum atomic E-state index is 12.2. The van der Waals surface area contributed by atoms with Gasteiger partial charge in [-0.3, -0.25) is 4.79 Å². The summed E-state index contributed by atoms with van der Waals surface area (Å²) in [7, 11) is 0. The number of hydrogen-bond donors (Lipinski definition) is 1. The van der Waals surface area contributed by atoms with Crippen molar-refractivity contribution in [2.75, 3.05) is 36.4 Å². The molecular weight excluding hydrogens is 328 g/mol. The molecule has 1 aliphatic heterocycles. The Morgan fingerprint density at radius 2 is 1.92 bits per heavy atom. The van der Waals surface area contributed by atoms with Crippen LogP contribution in [0.25, 0.3) is 0 Å². The van der Waals surface area contributed by atoms with Crippen LogP contribution in [0.15, 0.2) is 30.5 Å². The average Bonchev–Trinajstić information content (AvgIpc) is 3.47. The maximum Gasteiger partial charge on any atom is 0.222 e. The molecule has 7 nitrogen and oxygen atoms in total. The Morgan fingerprint density at radius 3 is 2.58 bits per heavy atom. The van der Waals surface area contributed by atoms with Gasteiger partial charge in [0.15, 0.2) is 11.6 Å². The number of rotatable bonds is 5. The summed E-state index contributed by atoms with van der Waals surface area (Å²) in [6.07, 6.45) is 4.94. The number of carbonyl (C=O) groups is 1. The van der Waals surface area contributed by atoms with E-state index >= 15 is 0 Å². The number of carbonyl (C=O) groups excluding carboxylic acids is 1. The zero-order valence-corrected chi connectivity index (χ0v) is 15.1. The van der Waals surface area contributed by atoms with Gasteiger partial charge in [0.2, 0.25) is 5.91 Å². The van der Waals surface area contributed by atoms with Gasteiger partial charge in [-0.05, 0) is 55.5 Å². The number of pyridine rings is 1. The van der Waals surface area contributed by atoms with Crippen molar-refractivity contribution in [1.29, 1.82) is 0 Å². The SMILES string of the molecule is Cc1ccnc(Nc2ccc(N3CCN(C(=O)CC4CC4)CC3)nn2)c1. The second-order valence-corrected chi connectivity index (χ2v) is 7.14. The lowest BCUT2D eigenvalue weighted by atomic mass is 10.2. The van der Waals surface area contributed by atoms with Crippen LogP contribution in [-0.4, -0.2) is 52.2 Å². The third-order valence-corrected chi connectivity index (χ3v) is 4.94. The van der Waals surface area contributed by atoms with Crippen LogP contribution in [0.5, 0.6) is 0 Å². The summed E-state index contributed by atoms with van der Waals surface area (Å²) in [4.78, 5) is 20.6. The first-order valence-electron chi connectivity index (χ1n) is 9.23. The van der Waals surface area contributed by atoms with E-state index in [1.54, 1.807) is 6.20 Å². The van der Waals surface area contributed by atoms with Crippen LogP contribution in [0, 0.1) is 12.8 Å². The minimum absolute atomic E-state index is 0.309. The molecule has 0 radical (unpaired) electrons. The summed E-state index contributed by atoms with van der Waals surface area (Å²) < 4.78 is 0. The molecule has 0 spiro atoms. The van der Waals surface area contributed by atoms with Gasteiger partial charge in [0, 0.05) is 38.8 Å². The van der Waals surface area contributed by atoms with Gasteiger partial charge < -0.3 is 15.1 Å². The minimum Gasteiger partial charge on any atom is -0.352 e. The van der Waals surface area contributed by atoms with Crippen molar-refractivity contribution in [3.8, 4) is 0 Å². The first-order valence-corrected chi connectivity index (χ1v) is 9.23. The largest absolute Gasteiger partial charge is 0.352 e. The van der Waals surface area contributed by atoms with E-state index in [-0.39, 0.29) is 0 Å². The van der Waals surface area contributed by atoms with Gasteiger partial charge in [-0.2, -0.15) is 0 Å². The van der Waals surface area contributed by atoms with Gasteiger partial charge in [-0.1, -0.05) is 0 Å². The zero-order valence-electron chi connectivity index (χ0n) is 15.1. The van der Waals surface area contributed by atoms with E-state index in [9.17, 15) is 4.79 Å². The molecular formula is C19H24N6O. The summed E-state index contributed by atoms with van der Waals surface area (Å²) >= 11 is 0. The smallest absolute Gasteiger partial charge is 0.222 e. The van der Waals surface area contributed by atoms with E-state index in [4.69, 9.17) is 0 Å². The fraction of sp³-hybridized carbons (Fsp3) is 0.474. The van der Waals surface area contributed by atoms with Crippen molar-refractivity contribution in [3.05, 3.63) is 36.0 Å². The molecule has 2 fully saturated rings. The number of nitrogens with zero attached hydrogens (tertiary/aromatic N) is 5. The highest BCUT2D eigenvalue weighted by molar-refractivity contribution is 5.77. The summed E-state index contributed by atoms with van der Waals surface area (Å²) in [5.41, 5.74) is 1.14. The van der Waals surface area contributed by atoms with E-state index in [0.29, 0.717) is 17.6 Å². The molecule has 136 valence electrons. The number of piperazine rings is 1. The number of aromatic nitrogens is 3. The second-order valence-electron chi connectivity index (χ2n) is 7.14.